The fourth-order valence-corrected chi connectivity index (χ4v) is 3.39. The summed E-state index contributed by atoms with van der Waals surface area (Å²) < 4.78 is 29.0. The van der Waals surface area contributed by atoms with E-state index >= 15 is 0 Å². The molecule has 8 nitrogen and oxygen atoms in total. The van der Waals surface area contributed by atoms with Gasteiger partial charge in [-0.2, -0.15) is 14.0 Å². The van der Waals surface area contributed by atoms with Crippen molar-refractivity contribution in [1.82, 2.24) is 10.2 Å². The SMILES string of the molecule is CC1(c2ccc(OC(F)F)cc2)NC(=O)N(CC(=O)N(CCC#N)c2ccccc2)C1=O. The lowest BCUT2D eigenvalue weighted by Crippen LogP contribution is -2.45. The smallest absolute Gasteiger partial charge is 0.387 e. The third kappa shape index (κ3) is 4.67. The molecule has 1 saturated heterocycles. The van der Waals surface area contributed by atoms with E-state index in [0.29, 0.717) is 11.3 Å². The van der Waals surface area contributed by atoms with Crippen molar-refractivity contribution < 1.29 is 27.9 Å². The van der Waals surface area contributed by atoms with Gasteiger partial charge in [0.15, 0.2) is 0 Å². The highest BCUT2D eigenvalue weighted by atomic mass is 19.3. The summed E-state index contributed by atoms with van der Waals surface area (Å²) in [6, 6.07) is 15.1. The number of alkyl halides is 2. The van der Waals surface area contributed by atoms with Crippen LogP contribution in [-0.4, -0.2) is 42.4 Å². The highest BCUT2D eigenvalue weighted by molar-refractivity contribution is 6.10. The molecular formula is C22H20F2N4O4. The number of nitrogens with one attached hydrogen (secondary N) is 1. The molecule has 4 amide bonds. The van der Waals surface area contributed by atoms with Gasteiger partial charge in [-0.05, 0) is 36.8 Å². The first-order valence-electron chi connectivity index (χ1n) is 9.68. The molecule has 1 aliphatic rings. The van der Waals surface area contributed by atoms with Gasteiger partial charge in [0.25, 0.3) is 5.91 Å². The molecule has 0 bridgehead atoms. The molecule has 0 radical (unpaired) electrons. The van der Waals surface area contributed by atoms with Crippen molar-refractivity contribution in [2.75, 3.05) is 18.0 Å². The Bertz CT molecular complexity index is 1040. The monoisotopic (exact) mass is 442 g/mol. The number of urea groups is 1. The number of amides is 4. The number of halogens is 2. The minimum absolute atomic E-state index is 0.0749. The van der Waals surface area contributed by atoms with Gasteiger partial charge in [-0.1, -0.05) is 30.3 Å². The third-order valence-electron chi connectivity index (χ3n) is 5.04. The number of anilines is 1. The van der Waals surface area contributed by atoms with Gasteiger partial charge in [0, 0.05) is 12.2 Å². The van der Waals surface area contributed by atoms with Gasteiger partial charge in [0.2, 0.25) is 5.91 Å². The van der Waals surface area contributed by atoms with E-state index in [2.05, 4.69) is 10.1 Å². The minimum atomic E-state index is -2.99. The summed E-state index contributed by atoms with van der Waals surface area (Å²) in [6.45, 7) is -1.94. The molecule has 1 N–H and O–H groups in total. The lowest BCUT2D eigenvalue weighted by molar-refractivity contribution is -0.134. The summed E-state index contributed by atoms with van der Waals surface area (Å²) in [6.07, 6.45) is 0.0749. The Kier molecular flexibility index (Phi) is 6.68. The average molecular weight is 442 g/mol. The van der Waals surface area contributed by atoms with Crippen LogP contribution in [0.5, 0.6) is 5.75 Å². The van der Waals surface area contributed by atoms with Crippen LogP contribution in [0.25, 0.3) is 0 Å². The van der Waals surface area contributed by atoms with Crippen molar-refractivity contribution in [1.29, 1.82) is 5.26 Å². The molecule has 2 aromatic rings. The van der Waals surface area contributed by atoms with Gasteiger partial charge in [0.05, 0.1) is 12.5 Å². The molecule has 1 heterocycles. The normalized spacial score (nSPS) is 17.8. The van der Waals surface area contributed by atoms with Crippen LogP contribution in [0.1, 0.15) is 18.9 Å². The summed E-state index contributed by atoms with van der Waals surface area (Å²) in [7, 11) is 0. The number of para-hydroxylation sites is 1. The zero-order valence-corrected chi connectivity index (χ0v) is 17.1. The van der Waals surface area contributed by atoms with E-state index in [4.69, 9.17) is 5.26 Å². The maximum Gasteiger partial charge on any atom is 0.387 e. The molecule has 3 rings (SSSR count). The Morgan fingerprint density at radius 3 is 2.44 bits per heavy atom. The van der Waals surface area contributed by atoms with Crippen LogP contribution in [0.2, 0.25) is 0 Å². The van der Waals surface area contributed by atoms with Gasteiger partial charge in [-0.3, -0.25) is 14.5 Å². The van der Waals surface area contributed by atoms with E-state index in [0.717, 1.165) is 4.90 Å². The van der Waals surface area contributed by atoms with Gasteiger partial charge >= 0.3 is 12.6 Å². The van der Waals surface area contributed by atoms with Crippen molar-refractivity contribution in [2.24, 2.45) is 0 Å². The van der Waals surface area contributed by atoms with Gasteiger partial charge in [-0.15, -0.1) is 0 Å². The largest absolute Gasteiger partial charge is 0.435 e. The summed E-state index contributed by atoms with van der Waals surface area (Å²) in [5.41, 5.74) is -0.598. The summed E-state index contributed by atoms with van der Waals surface area (Å²) in [5, 5.41) is 11.5. The highest BCUT2D eigenvalue weighted by Crippen LogP contribution is 2.30. The highest BCUT2D eigenvalue weighted by Gasteiger charge is 2.49. The number of nitriles is 1. The number of rotatable bonds is 8. The molecule has 0 spiro atoms. The molecule has 2 aromatic carbocycles. The summed E-state index contributed by atoms with van der Waals surface area (Å²) >= 11 is 0. The number of hydrogen-bond donors (Lipinski definition) is 1. The number of carbonyl (C=O) groups is 3. The maximum absolute atomic E-state index is 13.1. The first-order chi connectivity index (χ1) is 15.3. The maximum atomic E-state index is 13.1. The zero-order valence-electron chi connectivity index (χ0n) is 17.1. The molecule has 10 heteroatoms. The van der Waals surface area contributed by atoms with Crippen LogP contribution in [0.4, 0.5) is 19.3 Å². The van der Waals surface area contributed by atoms with Gasteiger partial charge in [0.1, 0.15) is 17.8 Å². The second kappa shape index (κ2) is 9.43. The van der Waals surface area contributed by atoms with Crippen LogP contribution >= 0.6 is 0 Å². The van der Waals surface area contributed by atoms with Crippen molar-refractivity contribution in [3.63, 3.8) is 0 Å². The van der Waals surface area contributed by atoms with Crippen LogP contribution < -0.4 is 15.0 Å². The number of nitrogens with zero attached hydrogens (tertiary/aromatic N) is 3. The Hall–Kier alpha value is -4.00. The predicted octanol–water partition coefficient (Wildman–Crippen LogP) is 3.00. The standard InChI is InChI=1S/C22H20F2N4O4/c1-22(15-8-10-17(11-9-15)32-20(23)24)19(30)28(21(31)26-22)14-18(29)27(13-5-12-25)16-6-3-2-4-7-16/h2-4,6-11,20H,5,13-14H2,1H3,(H,26,31). The number of benzene rings is 2. The molecule has 166 valence electrons. The zero-order chi connectivity index (χ0) is 23.3. The lowest BCUT2D eigenvalue weighted by atomic mass is 9.92. The van der Waals surface area contributed by atoms with E-state index in [1.165, 1.54) is 36.1 Å². The summed E-state index contributed by atoms with van der Waals surface area (Å²) in [4.78, 5) is 40.7. The Morgan fingerprint density at radius 1 is 1.19 bits per heavy atom. The van der Waals surface area contributed by atoms with E-state index < -0.39 is 36.5 Å². The van der Waals surface area contributed by atoms with Crippen molar-refractivity contribution in [3.8, 4) is 11.8 Å². The van der Waals surface area contributed by atoms with E-state index in [-0.39, 0.29) is 18.7 Å². The Labute approximate surface area is 183 Å². The first-order valence-corrected chi connectivity index (χ1v) is 9.68. The lowest BCUT2D eigenvalue weighted by Gasteiger charge is -2.25. The molecule has 1 atom stereocenters. The molecule has 1 unspecified atom stereocenters. The van der Waals surface area contributed by atoms with Crippen LogP contribution in [0.15, 0.2) is 54.6 Å². The number of imide groups is 1. The van der Waals surface area contributed by atoms with Crippen molar-refractivity contribution >= 4 is 23.5 Å². The topological polar surface area (TPSA) is 103 Å². The number of ether oxygens (including phenoxy) is 1. The van der Waals surface area contributed by atoms with Crippen LogP contribution in [-0.2, 0) is 15.1 Å². The molecule has 32 heavy (non-hydrogen) atoms. The van der Waals surface area contributed by atoms with Crippen molar-refractivity contribution in [3.05, 3.63) is 60.2 Å². The van der Waals surface area contributed by atoms with E-state index in [1.807, 2.05) is 6.07 Å². The number of hydrogen-bond acceptors (Lipinski definition) is 5. The molecule has 0 aliphatic carbocycles. The minimum Gasteiger partial charge on any atom is -0.435 e. The van der Waals surface area contributed by atoms with Gasteiger partial charge in [-0.25, -0.2) is 4.79 Å². The van der Waals surface area contributed by atoms with Gasteiger partial charge < -0.3 is 15.0 Å². The average Bonchev–Trinajstić information content (AvgIpc) is 2.98. The second-order valence-electron chi connectivity index (χ2n) is 7.14. The fraction of sp³-hybridized carbons (Fsp3) is 0.273. The molecule has 1 fully saturated rings. The number of carbonyl (C=O) groups excluding carboxylic acids is 3. The van der Waals surface area contributed by atoms with Crippen LogP contribution in [0, 0.1) is 11.3 Å². The fourth-order valence-electron chi connectivity index (χ4n) is 3.39. The van der Waals surface area contributed by atoms with Crippen molar-refractivity contribution in [2.45, 2.75) is 25.5 Å². The third-order valence-corrected chi connectivity index (χ3v) is 5.04. The quantitative estimate of drug-likeness (QED) is 0.633. The predicted molar refractivity (Wildman–Crippen MR) is 110 cm³/mol. The van der Waals surface area contributed by atoms with Crippen LogP contribution in [0.3, 0.4) is 0 Å². The Morgan fingerprint density at radius 2 is 1.84 bits per heavy atom. The summed E-state index contributed by atoms with van der Waals surface area (Å²) in [5.74, 6) is -1.28. The molecular weight excluding hydrogens is 422 g/mol. The van der Waals surface area contributed by atoms with E-state index in [9.17, 15) is 23.2 Å². The Balaban J connectivity index is 1.79. The molecule has 1 aliphatic heterocycles. The molecule has 0 aromatic heterocycles. The second-order valence-corrected chi connectivity index (χ2v) is 7.14. The van der Waals surface area contributed by atoms with E-state index in [1.54, 1.807) is 30.3 Å². The first kappa shape index (κ1) is 22.7. The molecule has 0 saturated carbocycles.